The van der Waals surface area contributed by atoms with Crippen molar-refractivity contribution in [3.63, 3.8) is 0 Å². The van der Waals surface area contributed by atoms with Crippen LogP contribution in [0.25, 0.3) is 0 Å². The van der Waals surface area contributed by atoms with Crippen LogP contribution in [0.15, 0.2) is 30.6 Å². The first kappa shape index (κ1) is 19.4. The Kier molecular flexibility index (Phi) is 7.00. The van der Waals surface area contributed by atoms with E-state index in [0.717, 1.165) is 11.1 Å². The first-order chi connectivity index (χ1) is 10.4. The first-order valence-electron chi connectivity index (χ1n) is 6.83. The van der Waals surface area contributed by atoms with Gasteiger partial charge in [0, 0.05) is 18.8 Å². The van der Waals surface area contributed by atoms with Crippen LogP contribution in [0.2, 0.25) is 5.02 Å². The van der Waals surface area contributed by atoms with Crippen molar-refractivity contribution in [1.82, 2.24) is 20.4 Å². The standard InChI is InChI=1S/C15H18ClFN4O.ClH/c1-9(10-4-5-13(17)12(16)6-10)20-15(22)14(18-2)11-7-19-21(3)8-11;/h4-9,14,18H,1-3H3,(H,20,22);1H. The van der Waals surface area contributed by atoms with E-state index in [2.05, 4.69) is 15.7 Å². The molecule has 2 unspecified atom stereocenters. The molecule has 126 valence electrons. The van der Waals surface area contributed by atoms with Gasteiger partial charge in [-0.3, -0.25) is 9.48 Å². The third-order valence-corrected chi connectivity index (χ3v) is 3.70. The average Bonchev–Trinajstić information content (AvgIpc) is 2.89. The molecular weight excluding hydrogens is 342 g/mol. The van der Waals surface area contributed by atoms with Gasteiger partial charge in [-0.2, -0.15) is 5.10 Å². The average molecular weight is 361 g/mol. The molecule has 23 heavy (non-hydrogen) atoms. The van der Waals surface area contributed by atoms with Crippen LogP contribution in [0, 0.1) is 5.82 Å². The second-order valence-electron chi connectivity index (χ2n) is 5.07. The molecule has 0 bridgehead atoms. The van der Waals surface area contributed by atoms with Crippen LogP contribution >= 0.6 is 24.0 Å². The molecule has 0 aliphatic heterocycles. The molecule has 0 spiro atoms. The molecule has 0 radical (unpaired) electrons. The van der Waals surface area contributed by atoms with Crippen LogP contribution in [-0.2, 0) is 11.8 Å². The number of aryl methyl sites for hydroxylation is 1. The van der Waals surface area contributed by atoms with Gasteiger partial charge in [-0.15, -0.1) is 12.4 Å². The number of aromatic nitrogens is 2. The second-order valence-corrected chi connectivity index (χ2v) is 5.48. The van der Waals surface area contributed by atoms with Crippen molar-refractivity contribution >= 4 is 29.9 Å². The summed E-state index contributed by atoms with van der Waals surface area (Å²) in [6.07, 6.45) is 3.42. The predicted octanol–water partition coefficient (Wildman–Crippen LogP) is 2.77. The highest BCUT2D eigenvalue weighted by Crippen LogP contribution is 2.21. The van der Waals surface area contributed by atoms with Crippen molar-refractivity contribution in [1.29, 1.82) is 0 Å². The molecule has 2 aromatic rings. The summed E-state index contributed by atoms with van der Waals surface area (Å²) in [6, 6.07) is 3.60. The van der Waals surface area contributed by atoms with Crippen molar-refractivity contribution in [3.8, 4) is 0 Å². The van der Waals surface area contributed by atoms with Crippen molar-refractivity contribution in [2.24, 2.45) is 7.05 Å². The van der Waals surface area contributed by atoms with Crippen molar-refractivity contribution < 1.29 is 9.18 Å². The molecule has 1 heterocycles. The molecule has 8 heteroatoms. The molecule has 0 saturated carbocycles. The summed E-state index contributed by atoms with van der Waals surface area (Å²) < 4.78 is 14.8. The third kappa shape index (κ3) is 4.67. The lowest BCUT2D eigenvalue weighted by Gasteiger charge is -2.19. The van der Waals surface area contributed by atoms with E-state index in [1.807, 2.05) is 6.92 Å². The fourth-order valence-corrected chi connectivity index (χ4v) is 2.39. The van der Waals surface area contributed by atoms with Crippen LogP contribution in [0.1, 0.15) is 30.1 Å². The lowest BCUT2D eigenvalue weighted by atomic mass is 10.1. The zero-order chi connectivity index (χ0) is 16.3. The van der Waals surface area contributed by atoms with Crippen molar-refractivity contribution in [3.05, 3.63) is 52.6 Å². The minimum atomic E-state index is -0.507. The Morgan fingerprint density at radius 2 is 2.09 bits per heavy atom. The highest BCUT2D eigenvalue weighted by atomic mass is 35.5. The van der Waals surface area contributed by atoms with Gasteiger partial charge in [-0.25, -0.2) is 4.39 Å². The molecule has 2 atom stereocenters. The third-order valence-electron chi connectivity index (χ3n) is 3.41. The van der Waals surface area contributed by atoms with Crippen LogP contribution < -0.4 is 10.6 Å². The number of carbonyl (C=O) groups excluding carboxylic acids is 1. The molecule has 0 aliphatic rings. The fourth-order valence-electron chi connectivity index (χ4n) is 2.20. The van der Waals surface area contributed by atoms with Crippen LogP contribution in [0.3, 0.4) is 0 Å². The van der Waals surface area contributed by atoms with Gasteiger partial charge in [0.15, 0.2) is 0 Å². The maximum absolute atomic E-state index is 13.2. The molecular formula is C15H19Cl2FN4O. The van der Waals surface area contributed by atoms with E-state index in [-0.39, 0.29) is 29.4 Å². The normalized spacial score (nSPS) is 13.1. The topological polar surface area (TPSA) is 59.0 Å². The molecule has 2 N–H and O–H groups in total. The number of likely N-dealkylation sites (N-methyl/N-ethyl adjacent to an activating group) is 1. The Labute approximate surface area is 145 Å². The summed E-state index contributed by atoms with van der Waals surface area (Å²) >= 11 is 5.77. The monoisotopic (exact) mass is 360 g/mol. The molecule has 0 aliphatic carbocycles. The smallest absolute Gasteiger partial charge is 0.242 e. The van der Waals surface area contributed by atoms with Gasteiger partial charge in [0.1, 0.15) is 11.9 Å². The van der Waals surface area contributed by atoms with E-state index in [9.17, 15) is 9.18 Å². The Balaban J connectivity index is 0.00000264. The predicted molar refractivity (Wildman–Crippen MR) is 90.2 cm³/mol. The van der Waals surface area contributed by atoms with Crippen LogP contribution in [0.5, 0.6) is 0 Å². The molecule has 1 amide bonds. The number of hydrogen-bond donors (Lipinski definition) is 2. The quantitative estimate of drug-likeness (QED) is 0.861. The summed E-state index contributed by atoms with van der Waals surface area (Å²) in [7, 11) is 3.49. The number of nitrogens with zero attached hydrogens (tertiary/aromatic N) is 2. The number of amides is 1. The number of carbonyl (C=O) groups is 1. The maximum atomic E-state index is 13.2. The van der Waals surface area contributed by atoms with Gasteiger partial charge >= 0.3 is 0 Å². The van der Waals surface area contributed by atoms with E-state index in [4.69, 9.17) is 11.6 Å². The van der Waals surface area contributed by atoms with Gasteiger partial charge < -0.3 is 10.6 Å². The highest BCUT2D eigenvalue weighted by molar-refractivity contribution is 6.30. The Morgan fingerprint density at radius 1 is 1.39 bits per heavy atom. The van der Waals surface area contributed by atoms with Crippen LogP contribution in [0.4, 0.5) is 4.39 Å². The largest absolute Gasteiger partial charge is 0.348 e. The van der Waals surface area contributed by atoms with E-state index in [0.29, 0.717) is 0 Å². The highest BCUT2D eigenvalue weighted by Gasteiger charge is 2.22. The van der Waals surface area contributed by atoms with Crippen molar-refractivity contribution in [2.45, 2.75) is 19.0 Å². The van der Waals surface area contributed by atoms with Gasteiger partial charge in [-0.1, -0.05) is 17.7 Å². The number of benzene rings is 1. The minimum absolute atomic E-state index is 0. The lowest BCUT2D eigenvalue weighted by molar-refractivity contribution is -0.123. The number of rotatable bonds is 5. The second kappa shape index (κ2) is 8.29. The molecule has 5 nitrogen and oxygen atoms in total. The van der Waals surface area contributed by atoms with E-state index < -0.39 is 11.9 Å². The summed E-state index contributed by atoms with van der Waals surface area (Å²) in [5, 5.41) is 9.94. The van der Waals surface area contributed by atoms with Crippen LogP contribution in [-0.4, -0.2) is 22.7 Å². The number of hydrogen-bond acceptors (Lipinski definition) is 3. The zero-order valence-corrected chi connectivity index (χ0v) is 14.6. The Morgan fingerprint density at radius 3 is 2.61 bits per heavy atom. The molecule has 2 rings (SSSR count). The van der Waals surface area contributed by atoms with E-state index in [1.165, 1.54) is 12.1 Å². The summed E-state index contributed by atoms with van der Waals surface area (Å²) in [5.41, 5.74) is 1.51. The summed E-state index contributed by atoms with van der Waals surface area (Å²) in [5.74, 6) is -0.671. The lowest BCUT2D eigenvalue weighted by Crippen LogP contribution is -2.37. The molecule has 1 aromatic heterocycles. The summed E-state index contributed by atoms with van der Waals surface area (Å²) in [6.45, 7) is 1.82. The van der Waals surface area contributed by atoms with Gasteiger partial charge in [0.05, 0.1) is 17.3 Å². The Bertz CT molecular complexity index is 677. The van der Waals surface area contributed by atoms with Crippen molar-refractivity contribution in [2.75, 3.05) is 7.05 Å². The fraction of sp³-hybridized carbons (Fsp3) is 0.333. The first-order valence-corrected chi connectivity index (χ1v) is 7.21. The van der Waals surface area contributed by atoms with Gasteiger partial charge in [0.2, 0.25) is 5.91 Å². The van der Waals surface area contributed by atoms with Gasteiger partial charge in [0.25, 0.3) is 0 Å². The maximum Gasteiger partial charge on any atom is 0.242 e. The Hall–Kier alpha value is -1.63. The SMILES string of the molecule is CNC(C(=O)NC(C)c1ccc(F)c(Cl)c1)c1cnn(C)c1.Cl. The molecule has 1 aromatic carbocycles. The van der Waals surface area contributed by atoms with Gasteiger partial charge in [-0.05, 0) is 31.7 Å². The van der Waals surface area contributed by atoms with E-state index in [1.54, 1.807) is 37.2 Å². The summed E-state index contributed by atoms with van der Waals surface area (Å²) in [4.78, 5) is 12.4. The number of nitrogens with one attached hydrogen (secondary N) is 2. The number of halogens is 3. The molecule has 0 fully saturated rings. The minimum Gasteiger partial charge on any atom is -0.348 e. The zero-order valence-electron chi connectivity index (χ0n) is 13.0. The molecule has 0 saturated heterocycles. The van der Waals surface area contributed by atoms with E-state index >= 15 is 0 Å².